The number of rotatable bonds is 2. The lowest BCUT2D eigenvalue weighted by molar-refractivity contribution is 0.240. The maximum absolute atomic E-state index is 9.14. The van der Waals surface area contributed by atoms with Gasteiger partial charge < -0.3 is 5.11 Å². The lowest BCUT2D eigenvalue weighted by Crippen LogP contribution is -2.11. The summed E-state index contributed by atoms with van der Waals surface area (Å²) in [5.74, 6) is 0. The standard InChI is InChI=1S/C10H20O/c1-6-9(7-8(2)11)10(3,4)5/h7-8,11H,6H2,1-5H3. The van der Waals surface area contributed by atoms with E-state index in [1.165, 1.54) is 5.57 Å². The molecule has 0 aliphatic rings. The molecule has 0 aliphatic carbocycles. The van der Waals surface area contributed by atoms with Crippen LogP contribution in [-0.2, 0) is 0 Å². The molecule has 66 valence electrons. The van der Waals surface area contributed by atoms with Gasteiger partial charge in [0.15, 0.2) is 0 Å². The number of allylic oxidation sites excluding steroid dienone is 1. The van der Waals surface area contributed by atoms with Gasteiger partial charge in [0.1, 0.15) is 0 Å². The number of hydrogen-bond acceptors (Lipinski definition) is 1. The van der Waals surface area contributed by atoms with E-state index in [4.69, 9.17) is 5.11 Å². The van der Waals surface area contributed by atoms with Crippen LogP contribution in [0.15, 0.2) is 11.6 Å². The number of aliphatic hydroxyl groups excluding tert-OH is 1. The highest BCUT2D eigenvalue weighted by molar-refractivity contribution is 5.11. The van der Waals surface area contributed by atoms with E-state index in [1.807, 2.05) is 6.08 Å². The van der Waals surface area contributed by atoms with Gasteiger partial charge in [0.05, 0.1) is 6.10 Å². The van der Waals surface area contributed by atoms with E-state index in [1.54, 1.807) is 6.92 Å². The first-order valence-corrected chi connectivity index (χ1v) is 4.27. The Morgan fingerprint density at radius 1 is 1.45 bits per heavy atom. The van der Waals surface area contributed by atoms with Gasteiger partial charge in [-0.1, -0.05) is 39.3 Å². The first-order valence-electron chi connectivity index (χ1n) is 4.27. The predicted octanol–water partition coefficient (Wildman–Crippen LogP) is 2.75. The van der Waals surface area contributed by atoms with Crippen LogP contribution in [0.5, 0.6) is 0 Å². The van der Waals surface area contributed by atoms with Crippen LogP contribution in [0.2, 0.25) is 0 Å². The van der Waals surface area contributed by atoms with Crippen molar-refractivity contribution in [3.63, 3.8) is 0 Å². The van der Waals surface area contributed by atoms with Gasteiger partial charge in [-0.2, -0.15) is 0 Å². The summed E-state index contributed by atoms with van der Waals surface area (Å²) in [4.78, 5) is 0. The summed E-state index contributed by atoms with van der Waals surface area (Å²) in [6, 6.07) is 0. The summed E-state index contributed by atoms with van der Waals surface area (Å²) in [7, 11) is 0. The van der Waals surface area contributed by atoms with Crippen LogP contribution in [0.4, 0.5) is 0 Å². The van der Waals surface area contributed by atoms with E-state index < -0.39 is 0 Å². The lowest BCUT2D eigenvalue weighted by Gasteiger charge is -2.22. The quantitative estimate of drug-likeness (QED) is 0.609. The van der Waals surface area contributed by atoms with Gasteiger partial charge in [-0.05, 0) is 18.8 Å². The largest absolute Gasteiger partial charge is 0.389 e. The van der Waals surface area contributed by atoms with Crippen LogP contribution >= 0.6 is 0 Å². The maximum Gasteiger partial charge on any atom is 0.0695 e. The maximum atomic E-state index is 9.14. The third kappa shape index (κ3) is 4.20. The zero-order valence-corrected chi connectivity index (χ0v) is 8.31. The molecule has 0 aromatic rings. The summed E-state index contributed by atoms with van der Waals surface area (Å²) in [5, 5.41) is 9.14. The molecule has 0 aliphatic heterocycles. The molecule has 1 nitrogen and oxygen atoms in total. The molecule has 0 amide bonds. The molecule has 0 fully saturated rings. The van der Waals surface area contributed by atoms with E-state index in [0.29, 0.717) is 0 Å². The Labute approximate surface area is 70.1 Å². The van der Waals surface area contributed by atoms with Crippen molar-refractivity contribution in [1.82, 2.24) is 0 Å². The summed E-state index contributed by atoms with van der Waals surface area (Å²) < 4.78 is 0. The van der Waals surface area contributed by atoms with Gasteiger partial charge >= 0.3 is 0 Å². The molecule has 0 spiro atoms. The monoisotopic (exact) mass is 156 g/mol. The molecule has 0 bridgehead atoms. The molecule has 0 heterocycles. The minimum atomic E-state index is -0.316. The minimum Gasteiger partial charge on any atom is -0.389 e. The van der Waals surface area contributed by atoms with Crippen molar-refractivity contribution in [3.05, 3.63) is 11.6 Å². The lowest BCUT2D eigenvalue weighted by atomic mass is 9.84. The van der Waals surface area contributed by atoms with Crippen molar-refractivity contribution in [1.29, 1.82) is 0 Å². The van der Waals surface area contributed by atoms with Gasteiger partial charge in [-0.15, -0.1) is 0 Å². The van der Waals surface area contributed by atoms with Crippen LogP contribution in [0.1, 0.15) is 41.0 Å². The molecule has 0 saturated carbocycles. The first kappa shape index (κ1) is 10.7. The smallest absolute Gasteiger partial charge is 0.0695 e. The molecule has 1 heteroatoms. The van der Waals surface area contributed by atoms with Crippen molar-refractivity contribution in [3.8, 4) is 0 Å². The summed E-state index contributed by atoms with van der Waals surface area (Å²) in [6.07, 6.45) is 2.65. The van der Waals surface area contributed by atoms with E-state index in [9.17, 15) is 0 Å². The number of aliphatic hydroxyl groups is 1. The molecule has 1 atom stereocenters. The van der Waals surface area contributed by atoms with Crippen molar-refractivity contribution in [2.24, 2.45) is 5.41 Å². The Kier molecular flexibility index (Phi) is 3.81. The second kappa shape index (κ2) is 3.91. The molecule has 1 unspecified atom stereocenters. The topological polar surface area (TPSA) is 20.2 Å². The third-order valence-corrected chi connectivity index (χ3v) is 1.79. The first-order chi connectivity index (χ1) is 4.88. The fraction of sp³-hybridized carbons (Fsp3) is 0.800. The molecule has 1 N–H and O–H groups in total. The average molecular weight is 156 g/mol. The SMILES string of the molecule is CCC(=CC(C)O)C(C)(C)C. The summed E-state index contributed by atoms with van der Waals surface area (Å²) in [5.41, 5.74) is 1.53. The van der Waals surface area contributed by atoms with E-state index in [2.05, 4.69) is 27.7 Å². The van der Waals surface area contributed by atoms with Gasteiger partial charge in [0.2, 0.25) is 0 Å². The van der Waals surface area contributed by atoms with Crippen LogP contribution in [0.25, 0.3) is 0 Å². The second-order valence-corrected chi connectivity index (χ2v) is 4.04. The van der Waals surface area contributed by atoms with Crippen LogP contribution in [0.3, 0.4) is 0 Å². The van der Waals surface area contributed by atoms with Crippen LogP contribution < -0.4 is 0 Å². The third-order valence-electron chi connectivity index (χ3n) is 1.79. The zero-order chi connectivity index (χ0) is 9.07. The Balaban J connectivity index is 4.41. The van der Waals surface area contributed by atoms with Gasteiger partial charge in [-0.3, -0.25) is 0 Å². The van der Waals surface area contributed by atoms with Crippen molar-refractivity contribution >= 4 is 0 Å². The Bertz CT molecular complexity index is 137. The van der Waals surface area contributed by atoms with Gasteiger partial charge in [-0.25, -0.2) is 0 Å². The van der Waals surface area contributed by atoms with Crippen molar-refractivity contribution in [2.45, 2.75) is 47.1 Å². The summed E-state index contributed by atoms with van der Waals surface area (Å²) in [6.45, 7) is 10.4. The molecular weight excluding hydrogens is 136 g/mol. The second-order valence-electron chi connectivity index (χ2n) is 4.04. The molecular formula is C10H20O. The molecule has 0 rings (SSSR count). The van der Waals surface area contributed by atoms with Crippen molar-refractivity contribution in [2.75, 3.05) is 0 Å². The molecule has 0 aromatic carbocycles. The fourth-order valence-corrected chi connectivity index (χ4v) is 1.19. The molecule has 0 radical (unpaired) electrons. The van der Waals surface area contributed by atoms with Crippen molar-refractivity contribution < 1.29 is 5.11 Å². The van der Waals surface area contributed by atoms with Gasteiger partial charge in [0, 0.05) is 0 Å². The van der Waals surface area contributed by atoms with Gasteiger partial charge in [0.25, 0.3) is 0 Å². The van der Waals surface area contributed by atoms with E-state index >= 15 is 0 Å². The highest BCUT2D eigenvalue weighted by Crippen LogP contribution is 2.27. The number of hydrogen-bond donors (Lipinski definition) is 1. The zero-order valence-electron chi connectivity index (χ0n) is 8.31. The fourth-order valence-electron chi connectivity index (χ4n) is 1.19. The summed E-state index contributed by atoms with van der Waals surface area (Å²) >= 11 is 0. The van der Waals surface area contributed by atoms with E-state index in [-0.39, 0.29) is 11.5 Å². The van der Waals surface area contributed by atoms with E-state index in [0.717, 1.165) is 6.42 Å². The highest BCUT2D eigenvalue weighted by Gasteiger charge is 2.15. The predicted molar refractivity (Wildman–Crippen MR) is 49.5 cm³/mol. The Hall–Kier alpha value is -0.300. The van der Waals surface area contributed by atoms with Crippen LogP contribution in [0, 0.1) is 5.41 Å². The minimum absolute atomic E-state index is 0.200. The normalized spacial score (nSPS) is 16.7. The van der Waals surface area contributed by atoms with Crippen LogP contribution in [-0.4, -0.2) is 11.2 Å². The Morgan fingerprint density at radius 2 is 1.91 bits per heavy atom. The average Bonchev–Trinajstić information content (AvgIpc) is 1.79. The molecule has 0 aromatic heterocycles. The molecule has 11 heavy (non-hydrogen) atoms. The Morgan fingerprint density at radius 3 is 2.00 bits per heavy atom. The molecule has 0 saturated heterocycles. The highest BCUT2D eigenvalue weighted by atomic mass is 16.3.